The van der Waals surface area contributed by atoms with E-state index in [1.54, 1.807) is 18.3 Å². The molecule has 0 aliphatic heterocycles. The summed E-state index contributed by atoms with van der Waals surface area (Å²) in [5.74, 6) is -2.66. The summed E-state index contributed by atoms with van der Waals surface area (Å²) in [5.41, 5.74) is 7.87. The molecule has 3 rings (SSSR count). The fourth-order valence-electron chi connectivity index (χ4n) is 3.56. The van der Waals surface area contributed by atoms with Crippen molar-refractivity contribution < 1.29 is 29.7 Å². The molecule has 10 heteroatoms. The third kappa shape index (κ3) is 6.12. The van der Waals surface area contributed by atoms with E-state index in [1.807, 2.05) is 24.3 Å². The van der Waals surface area contributed by atoms with Gasteiger partial charge in [0, 0.05) is 29.9 Å². The Balaban J connectivity index is 1.79. The fraction of sp³-hybridized carbons (Fsp3) is 0.292. The van der Waals surface area contributed by atoms with E-state index >= 15 is 0 Å². The Labute approximate surface area is 195 Å². The number of hydrogen-bond donors (Lipinski definition) is 7. The van der Waals surface area contributed by atoms with Gasteiger partial charge in [0.25, 0.3) is 0 Å². The predicted molar refractivity (Wildman–Crippen MR) is 125 cm³/mol. The summed E-state index contributed by atoms with van der Waals surface area (Å²) in [4.78, 5) is 40.5. The number of fused-ring (bicyclic) bond motifs is 1. The van der Waals surface area contributed by atoms with Gasteiger partial charge >= 0.3 is 5.97 Å². The number of phenols is 1. The second-order valence-corrected chi connectivity index (χ2v) is 8.16. The fourth-order valence-corrected chi connectivity index (χ4v) is 3.56. The van der Waals surface area contributed by atoms with Crippen LogP contribution in [0.3, 0.4) is 0 Å². The van der Waals surface area contributed by atoms with E-state index in [2.05, 4.69) is 15.6 Å². The maximum Gasteiger partial charge on any atom is 0.326 e. The number of aliphatic hydroxyl groups excluding tert-OH is 1. The standard InChI is InChI=1S/C24H28N4O6/c1-13(29)21(25)23(32)27-19(10-14-6-8-16(30)9-7-14)22(31)28-20(24(33)34)11-15-12-26-18-5-3-2-4-17(15)18/h2-9,12-13,19-21,26,29-30H,10-11,25H2,1H3,(H,27,32)(H,28,31)(H,33,34). The maximum atomic E-state index is 13.1. The average molecular weight is 469 g/mol. The number of amides is 2. The van der Waals surface area contributed by atoms with Gasteiger partial charge in [-0.05, 0) is 36.2 Å². The van der Waals surface area contributed by atoms with E-state index in [1.165, 1.54) is 19.1 Å². The number of phenolic OH excluding ortho intramolecular Hbond substituents is 1. The summed E-state index contributed by atoms with van der Waals surface area (Å²) >= 11 is 0. The highest BCUT2D eigenvalue weighted by Crippen LogP contribution is 2.19. The normalized spacial score (nSPS) is 14.7. The Morgan fingerprint density at radius 2 is 1.62 bits per heavy atom. The van der Waals surface area contributed by atoms with Crippen molar-refractivity contribution in [2.45, 2.75) is 44.0 Å². The van der Waals surface area contributed by atoms with Crippen LogP contribution in [0.1, 0.15) is 18.1 Å². The zero-order valence-electron chi connectivity index (χ0n) is 18.6. The zero-order chi connectivity index (χ0) is 24.8. The van der Waals surface area contributed by atoms with Gasteiger partial charge in [-0.2, -0.15) is 0 Å². The van der Waals surface area contributed by atoms with Crippen molar-refractivity contribution in [3.8, 4) is 5.75 Å². The summed E-state index contributed by atoms with van der Waals surface area (Å²) in [7, 11) is 0. The number of carbonyl (C=O) groups excluding carboxylic acids is 2. The number of aliphatic carboxylic acids is 1. The number of aliphatic hydroxyl groups is 1. The molecule has 4 unspecified atom stereocenters. The Morgan fingerprint density at radius 3 is 2.26 bits per heavy atom. The predicted octanol–water partition coefficient (Wildman–Crippen LogP) is 0.421. The highest BCUT2D eigenvalue weighted by atomic mass is 16.4. The van der Waals surface area contributed by atoms with Crippen molar-refractivity contribution in [3.05, 3.63) is 65.9 Å². The monoisotopic (exact) mass is 468 g/mol. The first-order chi connectivity index (χ1) is 16.2. The first-order valence-corrected chi connectivity index (χ1v) is 10.8. The first-order valence-electron chi connectivity index (χ1n) is 10.8. The Morgan fingerprint density at radius 1 is 0.971 bits per heavy atom. The van der Waals surface area contributed by atoms with E-state index in [0.29, 0.717) is 5.56 Å². The molecule has 2 aromatic carbocycles. The molecule has 3 aromatic rings. The molecule has 180 valence electrons. The van der Waals surface area contributed by atoms with Crippen molar-refractivity contribution in [3.63, 3.8) is 0 Å². The summed E-state index contributed by atoms with van der Waals surface area (Å²) in [6, 6.07) is 9.76. The van der Waals surface area contributed by atoms with Crippen LogP contribution in [0.5, 0.6) is 5.75 Å². The van der Waals surface area contributed by atoms with Gasteiger partial charge in [0.1, 0.15) is 23.9 Å². The van der Waals surface area contributed by atoms with Crippen molar-refractivity contribution >= 4 is 28.7 Å². The molecule has 0 aliphatic rings. The van der Waals surface area contributed by atoms with Crippen LogP contribution in [-0.2, 0) is 27.2 Å². The molecule has 0 aliphatic carbocycles. The summed E-state index contributed by atoms with van der Waals surface area (Å²) in [6.45, 7) is 1.35. The van der Waals surface area contributed by atoms with Crippen molar-refractivity contribution in [1.29, 1.82) is 0 Å². The number of aromatic amines is 1. The maximum absolute atomic E-state index is 13.1. The van der Waals surface area contributed by atoms with E-state index in [4.69, 9.17) is 5.73 Å². The lowest BCUT2D eigenvalue weighted by atomic mass is 10.0. The van der Waals surface area contributed by atoms with Crippen molar-refractivity contribution in [2.24, 2.45) is 5.73 Å². The highest BCUT2D eigenvalue weighted by Gasteiger charge is 2.30. The van der Waals surface area contributed by atoms with Gasteiger partial charge in [0.2, 0.25) is 11.8 Å². The number of carbonyl (C=O) groups is 3. The van der Waals surface area contributed by atoms with Gasteiger partial charge < -0.3 is 36.7 Å². The van der Waals surface area contributed by atoms with E-state index in [-0.39, 0.29) is 18.6 Å². The molecular formula is C24H28N4O6. The number of hydrogen-bond acceptors (Lipinski definition) is 6. The Bertz CT molecular complexity index is 1160. The lowest BCUT2D eigenvalue weighted by Gasteiger charge is -2.24. The molecule has 2 amide bonds. The average Bonchev–Trinajstić information content (AvgIpc) is 3.21. The molecule has 0 bridgehead atoms. The molecule has 34 heavy (non-hydrogen) atoms. The van der Waals surface area contributed by atoms with Crippen molar-refractivity contribution in [2.75, 3.05) is 0 Å². The molecular weight excluding hydrogens is 440 g/mol. The number of carboxylic acids is 1. The van der Waals surface area contributed by atoms with Crippen LogP contribution in [-0.4, -0.2) is 62.3 Å². The van der Waals surface area contributed by atoms with Crippen LogP contribution >= 0.6 is 0 Å². The third-order valence-electron chi connectivity index (χ3n) is 5.55. The van der Waals surface area contributed by atoms with Gasteiger partial charge in [-0.1, -0.05) is 30.3 Å². The molecule has 1 aromatic heterocycles. The number of H-pyrrole nitrogens is 1. The molecule has 1 heterocycles. The van der Waals surface area contributed by atoms with Crippen LogP contribution in [0.25, 0.3) is 10.9 Å². The second kappa shape index (κ2) is 10.8. The zero-order valence-corrected chi connectivity index (χ0v) is 18.6. The number of aromatic nitrogens is 1. The van der Waals surface area contributed by atoms with Gasteiger partial charge in [0.15, 0.2) is 0 Å². The highest BCUT2D eigenvalue weighted by molar-refractivity contribution is 5.92. The number of nitrogens with one attached hydrogen (secondary N) is 3. The van der Waals surface area contributed by atoms with Gasteiger partial charge in [0.05, 0.1) is 6.10 Å². The lowest BCUT2D eigenvalue weighted by Crippen LogP contribution is -2.57. The van der Waals surface area contributed by atoms with Crippen LogP contribution in [0, 0.1) is 0 Å². The van der Waals surface area contributed by atoms with Crippen molar-refractivity contribution in [1.82, 2.24) is 15.6 Å². The summed E-state index contributed by atoms with van der Waals surface area (Å²) in [5, 5.41) is 34.7. The third-order valence-corrected chi connectivity index (χ3v) is 5.55. The summed E-state index contributed by atoms with van der Waals surface area (Å²) < 4.78 is 0. The Kier molecular flexibility index (Phi) is 7.87. The molecule has 4 atom stereocenters. The topological polar surface area (TPSA) is 178 Å². The smallest absolute Gasteiger partial charge is 0.326 e. The van der Waals surface area contributed by atoms with Crippen LogP contribution in [0.2, 0.25) is 0 Å². The number of para-hydroxylation sites is 1. The molecule has 0 spiro atoms. The molecule has 8 N–H and O–H groups in total. The SMILES string of the molecule is CC(O)C(N)C(=O)NC(Cc1ccc(O)cc1)C(=O)NC(Cc1c[nH]c2ccccc12)C(=O)O. The van der Waals surface area contributed by atoms with E-state index < -0.39 is 42.0 Å². The molecule has 10 nitrogen and oxygen atoms in total. The van der Waals surface area contributed by atoms with Crippen LogP contribution in [0.4, 0.5) is 0 Å². The molecule has 0 fully saturated rings. The molecule has 0 radical (unpaired) electrons. The van der Waals surface area contributed by atoms with Gasteiger partial charge in [-0.3, -0.25) is 9.59 Å². The van der Waals surface area contributed by atoms with Gasteiger partial charge in [-0.25, -0.2) is 4.79 Å². The number of nitrogens with two attached hydrogens (primary N) is 1. The minimum absolute atomic E-state index is 0.0177. The van der Waals surface area contributed by atoms with Crippen LogP contribution in [0.15, 0.2) is 54.7 Å². The number of rotatable bonds is 10. The van der Waals surface area contributed by atoms with Crippen LogP contribution < -0.4 is 16.4 Å². The largest absolute Gasteiger partial charge is 0.508 e. The minimum atomic E-state index is -1.27. The Hall–Kier alpha value is -3.89. The summed E-state index contributed by atoms with van der Waals surface area (Å²) in [6.07, 6.45) is 0.595. The van der Waals surface area contributed by atoms with Gasteiger partial charge in [-0.15, -0.1) is 0 Å². The second-order valence-electron chi connectivity index (χ2n) is 8.16. The first kappa shape index (κ1) is 24.7. The van der Waals surface area contributed by atoms with E-state index in [0.717, 1.165) is 16.5 Å². The lowest BCUT2D eigenvalue weighted by molar-refractivity contribution is -0.142. The molecule has 0 saturated carbocycles. The number of aromatic hydroxyl groups is 1. The number of benzene rings is 2. The number of carboxylic acid groups (broad SMARTS) is 1. The molecule has 0 saturated heterocycles. The van der Waals surface area contributed by atoms with E-state index in [9.17, 15) is 29.7 Å². The quantitative estimate of drug-likeness (QED) is 0.225. The minimum Gasteiger partial charge on any atom is -0.508 e.